The number of carbonyl (C=O) groups is 4. The van der Waals surface area contributed by atoms with Gasteiger partial charge in [0.05, 0.1) is 12.2 Å². The predicted octanol–water partition coefficient (Wildman–Crippen LogP) is 2.74. The van der Waals surface area contributed by atoms with E-state index in [1.165, 1.54) is 0 Å². The zero-order chi connectivity index (χ0) is 21.4. The monoisotopic (exact) mass is 372 g/mol. The van der Waals surface area contributed by atoms with E-state index in [0.29, 0.717) is 23.3 Å². The maximum absolute atomic E-state index is 10.6. The van der Waals surface area contributed by atoms with Gasteiger partial charge in [0.1, 0.15) is 0 Å². The van der Waals surface area contributed by atoms with Gasteiger partial charge in [-0.1, -0.05) is 13.2 Å². The lowest BCUT2D eigenvalue weighted by atomic mass is 10.3. The molecule has 0 rings (SSSR count). The van der Waals surface area contributed by atoms with Crippen molar-refractivity contribution in [1.82, 2.24) is 0 Å². The molecule has 2 N–H and O–H groups in total. The number of esters is 2. The van der Waals surface area contributed by atoms with Crippen LogP contribution in [0.3, 0.4) is 0 Å². The van der Waals surface area contributed by atoms with E-state index in [-0.39, 0.29) is 24.1 Å². The van der Waals surface area contributed by atoms with E-state index in [1.54, 1.807) is 41.5 Å². The van der Waals surface area contributed by atoms with Gasteiger partial charge >= 0.3 is 23.9 Å². The van der Waals surface area contributed by atoms with Gasteiger partial charge in [-0.3, -0.25) is 0 Å². The average molecular weight is 372 g/mol. The number of rotatable bonds is 6. The summed E-state index contributed by atoms with van der Waals surface area (Å²) >= 11 is 0. The van der Waals surface area contributed by atoms with Gasteiger partial charge in [-0.05, 0) is 41.5 Å². The highest BCUT2D eigenvalue weighted by atomic mass is 16.5. The summed E-state index contributed by atoms with van der Waals surface area (Å²) in [6, 6.07) is 0. The van der Waals surface area contributed by atoms with Crippen LogP contribution < -0.4 is 0 Å². The topological polar surface area (TPSA) is 127 Å². The van der Waals surface area contributed by atoms with Gasteiger partial charge in [-0.15, -0.1) is 0 Å². The number of hydrogen-bond acceptors (Lipinski definition) is 6. The van der Waals surface area contributed by atoms with Crippen LogP contribution in [-0.4, -0.2) is 46.3 Å². The second-order valence-corrected chi connectivity index (χ2v) is 5.48. The maximum Gasteiger partial charge on any atom is 0.333 e. The first-order chi connectivity index (χ1) is 11.7. The zero-order valence-corrected chi connectivity index (χ0v) is 16.1. The SMILES string of the molecule is C=C(C)C(=O)OC(C)C.C=C(C)C(=O)OC(C)C.O=C(O)/C=C/C(=O)O. The predicted molar refractivity (Wildman–Crippen MR) is 96.5 cm³/mol. The quantitative estimate of drug-likeness (QED) is 0.538. The van der Waals surface area contributed by atoms with Crippen molar-refractivity contribution >= 4 is 23.9 Å². The third kappa shape index (κ3) is 26.0. The molecule has 8 heteroatoms. The fraction of sp³-hybridized carbons (Fsp3) is 0.444. The Labute approximate surface area is 153 Å². The Bertz CT molecular complexity index is 493. The van der Waals surface area contributed by atoms with Gasteiger partial charge in [0.2, 0.25) is 0 Å². The molecule has 0 atom stereocenters. The lowest BCUT2D eigenvalue weighted by molar-refractivity contribution is -0.143. The zero-order valence-electron chi connectivity index (χ0n) is 16.1. The smallest absolute Gasteiger partial charge is 0.333 e. The van der Waals surface area contributed by atoms with E-state index in [2.05, 4.69) is 13.2 Å². The standard InChI is InChI=1S/2C7H12O2.C4H4O4/c2*1-5(2)7(8)9-6(3)4;5-3(6)1-2-4(7)8/h2*6H,1H2,2-4H3;1-2H,(H,5,6)(H,7,8)/b;;2-1+. The summed E-state index contributed by atoms with van der Waals surface area (Å²) < 4.78 is 9.55. The average Bonchev–Trinajstić information content (AvgIpc) is 2.44. The Kier molecular flexibility index (Phi) is 16.8. The molecule has 0 bridgehead atoms. The van der Waals surface area contributed by atoms with Crippen molar-refractivity contribution in [2.45, 2.75) is 53.8 Å². The van der Waals surface area contributed by atoms with Crippen LogP contribution in [-0.2, 0) is 28.7 Å². The number of carboxylic acid groups (broad SMARTS) is 2. The van der Waals surface area contributed by atoms with Crippen LogP contribution in [0, 0.1) is 0 Å². The largest absolute Gasteiger partial charge is 0.478 e. The summed E-state index contributed by atoms with van der Waals surface area (Å²) in [5.41, 5.74) is 0.896. The second-order valence-electron chi connectivity index (χ2n) is 5.48. The van der Waals surface area contributed by atoms with E-state index in [0.717, 1.165) is 0 Å². The third-order valence-electron chi connectivity index (χ3n) is 1.75. The number of carboxylic acids is 2. The van der Waals surface area contributed by atoms with Crippen molar-refractivity contribution in [2.75, 3.05) is 0 Å². The van der Waals surface area contributed by atoms with Crippen LogP contribution in [0.4, 0.5) is 0 Å². The fourth-order valence-corrected chi connectivity index (χ4v) is 0.772. The van der Waals surface area contributed by atoms with Crippen LogP contribution in [0.25, 0.3) is 0 Å². The minimum absolute atomic E-state index is 0.0470. The molecule has 8 nitrogen and oxygen atoms in total. The molecule has 26 heavy (non-hydrogen) atoms. The summed E-state index contributed by atoms with van der Waals surface area (Å²) in [5, 5.41) is 15.6. The summed E-state index contributed by atoms with van der Waals surface area (Å²) in [6.07, 6.45) is 1.02. The molecule has 0 aliphatic rings. The second kappa shape index (κ2) is 15.6. The molecule has 0 spiro atoms. The number of ether oxygens (including phenoxy) is 2. The highest BCUT2D eigenvalue weighted by Gasteiger charge is 2.04. The first-order valence-electron chi connectivity index (χ1n) is 7.57. The van der Waals surface area contributed by atoms with Gasteiger partial charge < -0.3 is 19.7 Å². The third-order valence-corrected chi connectivity index (χ3v) is 1.75. The Balaban J connectivity index is -0.000000306. The number of carbonyl (C=O) groups excluding carboxylic acids is 2. The molecule has 0 aliphatic heterocycles. The Morgan fingerprint density at radius 3 is 1.04 bits per heavy atom. The van der Waals surface area contributed by atoms with E-state index >= 15 is 0 Å². The first kappa shape index (κ1) is 27.9. The number of hydrogen-bond donors (Lipinski definition) is 2. The van der Waals surface area contributed by atoms with E-state index in [4.69, 9.17) is 19.7 Å². The Morgan fingerprint density at radius 2 is 0.962 bits per heavy atom. The van der Waals surface area contributed by atoms with Crippen LogP contribution >= 0.6 is 0 Å². The van der Waals surface area contributed by atoms with Gasteiger partial charge in [-0.25, -0.2) is 19.2 Å². The molecule has 0 heterocycles. The molecule has 0 saturated carbocycles. The van der Waals surface area contributed by atoms with Crippen LogP contribution in [0.5, 0.6) is 0 Å². The molecule has 0 aromatic rings. The lowest BCUT2D eigenvalue weighted by Crippen LogP contribution is -2.11. The molecule has 0 saturated heterocycles. The molecule has 0 aromatic carbocycles. The van der Waals surface area contributed by atoms with Crippen molar-refractivity contribution in [3.05, 3.63) is 36.5 Å². The van der Waals surface area contributed by atoms with Gasteiger partial charge in [0.25, 0.3) is 0 Å². The van der Waals surface area contributed by atoms with Gasteiger partial charge in [0, 0.05) is 23.3 Å². The molecule has 0 radical (unpaired) electrons. The highest BCUT2D eigenvalue weighted by Crippen LogP contribution is 1.96. The van der Waals surface area contributed by atoms with E-state index < -0.39 is 11.9 Å². The molecule has 148 valence electrons. The normalized spacial score (nSPS) is 9.38. The Hall–Kier alpha value is -2.90. The molecular weight excluding hydrogens is 344 g/mol. The van der Waals surface area contributed by atoms with E-state index in [9.17, 15) is 19.2 Å². The first-order valence-corrected chi connectivity index (χ1v) is 7.57. The van der Waals surface area contributed by atoms with Crippen molar-refractivity contribution in [2.24, 2.45) is 0 Å². The summed E-state index contributed by atoms with van der Waals surface area (Å²) in [7, 11) is 0. The molecule has 0 aliphatic carbocycles. The molecule has 0 unspecified atom stereocenters. The molecule has 0 amide bonds. The van der Waals surface area contributed by atoms with Crippen LogP contribution in [0.15, 0.2) is 36.5 Å². The minimum atomic E-state index is -1.26. The van der Waals surface area contributed by atoms with Crippen molar-refractivity contribution in [3.63, 3.8) is 0 Å². The number of aliphatic carboxylic acids is 2. The molecule has 0 aromatic heterocycles. The van der Waals surface area contributed by atoms with E-state index in [1.807, 2.05) is 0 Å². The van der Waals surface area contributed by atoms with Crippen molar-refractivity contribution < 1.29 is 38.9 Å². The Morgan fingerprint density at radius 1 is 0.731 bits per heavy atom. The van der Waals surface area contributed by atoms with Crippen molar-refractivity contribution in [3.8, 4) is 0 Å². The summed E-state index contributed by atoms with van der Waals surface area (Å²) in [6.45, 7) is 17.4. The van der Waals surface area contributed by atoms with Crippen LogP contribution in [0.1, 0.15) is 41.5 Å². The summed E-state index contributed by atoms with van der Waals surface area (Å²) in [5.74, 6) is -3.14. The minimum Gasteiger partial charge on any atom is -0.478 e. The van der Waals surface area contributed by atoms with Crippen molar-refractivity contribution in [1.29, 1.82) is 0 Å². The van der Waals surface area contributed by atoms with Gasteiger partial charge in [-0.2, -0.15) is 0 Å². The fourth-order valence-electron chi connectivity index (χ4n) is 0.772. The van der Waals surface area contributed by atoms with Gasteiger partial charge in [0.15, 0.2) is 0 Å². The maximum atomic E-state index is 10.6. The molecular formula is C18H28O8. The van der Waals surface area contributed by atoms with Crippen LogP contribution in [0.2, 0.25) is 0 Å². The highest BCUT2D eigenvalue weighted by molar-refractivity contribution is 5.89. The summed E-state index contributed by atoms with van der Waals surface area (Å²) in [4.78, 5) is 40.4. The lowest BCUT2D eigenvalue weighted by Gasteiger charge is -2.05. The molecule has 0 fully saturated rings.